The number of hydrogen-bond acceptors (Lipinski definition) is 4. The Balaban J connectivity index is 0.00000450. The van der Waals surface area contributed by atoms with Gasteiger partial charge in [-0.3, -0.25) is 4.68 Å². The van der Waals surface area contributed by atoms with E-state index in [1.807, 2.05) is 19.1 Å². The van der Waals surface area contributed by atoms with E-state index in [-0.39, 0.29) is 41.6 Å². The van der Waals surface area contributed by atoms with Gasteiger partial charge in [0.1, 0.15) is 5.83 Å². The summed E-state index contributed by atoms with van der Waals surface area (Å²) in [6, 6.07) is 6.86. The molecule has 6 nitrogen and oxygen atoms in total. The van der Waals surface area contributed by atoms with Crippen LogP contribution in [0.5, 0.6) is 0 Å². The number of rotatable bonds is 7. The number of hydrogen-bond donors (Lipinski definition) is 1. The summed E-state index contributed by atoms with van der Waals surface area (Å²) in [5.41, 5.74) is 8.97. The Morgan fingerprint density at radius 1 is 1.23 bits per heavy atom. The zero-order valence-corrected chi connectivity index (χ0v) is 20.1. The topological polar surface area (TPSA) is 81.2 Å². The average molecular weight is 459 g/mol. The number of nitrogens with zero attached hydrogens (tertiary/aromatic N) is 3. The second kappa shape index (κ2) is 10.0. The van der Waals surface area contributed by atoms with Gasteiger partial charge >= 0.3 is 0 Å². The van der Waals surface area contributed by atoms with Crippen molar-refractivity contribution in [1.29, 1.82) is 0 Å². The van der Waals surface area contributed by atoms with E-state index in [0.717, 1.165) is 22.5 Å². The molecule has 0 unspecified atom stereocenters. The molecule has 1 aromatic carbocycles. The van der Waals surface area contributed by atoms with Crippen LogP contribution in [0.1, 0.15) is 43.3 Å². The van der Waals surface area contributed by atoms with E-state index < -0.39 is 10.0 Å². The lowest BCUT2D eigenvalue weighted by Gasteiger charge is -2.18. The molecule has 0 saturated heterocycles. The van der Waals surface area contributed by atoms with Gasteiger partial charge in [0.25, 0.3) is 0 Å². The second-order valence-corrected chi connectivity index (χ2v) is 10.5. The highest BCUT2D eigenvalue weighted by Gasteiger charge is 2.25. The third-order valence-electron chi connectivity index (χ3n) is 4.76. The highest BCUT2D eigenvalue weighted by molar-refractivity contribution is 7.89. The van der Waals surface area contributed by atoms with Crippen molar-refractivity contribution < 1.29 is 12.8 Å². The number of nitrogens with two attached hydrogens (primary N) is 1. The summed E-state index contributed by atoms with van der Waals surface area (Å²) >= 11 is 0. The van der Waals surface area contributed by atoms with E-state index in [2.05, 4.69) is 25.9 Å². The summed E-state index contributed by atoms with van der Waals surface area (Å²) in [5.74, 6) is -0.316. The zero-order valence-electron chi connectivity index (χ0n) is 18.4. The standard InChI is InChI=1S/C21H31FN4O2S.ClH/c1-15-19(13-16-7-9-18(10-8-16)29(27,28)25(5)6)20(21(2,3)4)24-26(15)14-17(22)11-12-23;/h7-11H,12-14,23H2,1-6H3;1H/b17-11-;. The quantitative estimate of drug-likeness (QED) is 0.687. The Kier molecular flexibility index (Phi) is 8.80. The maximum absolute atomic E-state index is 14.0. The van der Waals surface area contributed by atoms with Crippen LogP contribution in [0.25, 0.3) is 0 Å². The van der Waals surface area contributed by atoms with Gasteiger partial charge in [0.2, 0.25) is 10.0 Å². The lowest BCUT2D eigenvalue weighted by atomic mass is 9.87. The van der Waals surface area contributed by atoms with Gasteiger partial charge in [-0.1, -0.05) is 32.9 Å². The Bertz CT molecular complexity index is 991. The minimum Gasteiger partial charge on any atom is -0.327 e. The molecule has 0 saturated carbocycles. The molecule has 2 N–H and O–H groups in total. The van der Waals surface area contributed by atoms with Gasteiger partial charge in [-0.05, 0) is 30.7 Å². The smallest absolute Gasteiger partial charge is 0.242 e. The van der Waals surface area contributed by atoms with Crippen LogP contribution in [-0.2, 0) is 28.4 Å². The normalized spacial score (nSPS) is 12.9. The van der Waals surface area contributed by atoms with Crippen molar-refractivity contribution in [3.63, 3.8) is 0 Å². The largest absolute Gasteiger partial charge is 0.327 e. The molecule has 0 atom stereocenters. The van der Waals surface area contributed by atoms with E-state index in [0.29, 0.717) is 6.42 Å². The molecule has 0 aliphatic carbocycles. The molecule has 9 heteroatoms. The van der Waals surface area contributed by atoms with Crippen LogP contribution in [0.4, 0.5) is 4.39 Å². The van der Waals surface area contributed by atoms with Gasteiger partial charge in [-0.15, -0.1) is 12.4 Å². The molecular weight excluding hydrogens is 427 g/mol. The molecule has 168 valence electrons. The lowest BCUT2D eigenvalue weighted by molar-refractivity contribution is 0.497. The Hall–Kier alpha value is -1.74. The zero-order chi connectivity index (χ0) is 22.0. The molecule has 0 amide bonds. The molecule has 0 aliphatic heterocycles. The number of benzene rings is 1. The Morgan fingerprint density at radius 2 is 1.80 bits per heavy atom. The SMILES string of the molecule is Cc1c(Cc2ccc(S(=O)(=O)N(C)C)cc2)c(C(C)(C)C)nn1C/C(F)=C/CN.Cl. The van der Waals surface area contributed by atoms with Gasteiger partial charge in [-0.2, -0.15) is 5.10 Å². The minimum atomic E-state index is -3.46. The van der Waals surface area contributed by atoms with Gasteiger partial charge in [-0.25, -0.2) is 17.1 Å². The molecule has 0 radical (unpaired) electrons. The van der Waals surface area contributed by atoms with Crippen LogP contribution in [0.3, 0.4) is 0 Å². The molecule has 1 heterocycles. The van der Waals surface area contributed by atoms with Crippen molar-refractivity contribution in [2.75, 3.05) is 20.6 Å². The number of halogens is 2. The van der Waals surface area contributed by atoms with Crippen LogP contribution in [-0.4, -0.2) is 43.1 Å². The second-order valence-electron chi connectivity index (χ2n) is 8.32. The lowest BCUT2D eigenvalue weighted by Crippen LogP contribution is -2.22. The summed E-state index contributed by atoms with van der Waals surface area (Å²) in [5, 5.41) is 4.67. The van der Waals surface area contributed by atoms with E-state index in [4.69, 9.17) is 5.73 Å². The highest BCUT2D eigenvalue weighted by atomic mass is 35.5. The highest BCUT2D eigenvalue weighted by Crippen LogP contribution is 2.29. The van der Waals surface area contributed by atoms with Gasteiger partial charge in [0.15, 0.2) is 0 Å². The van der Waals surface area contributed by atoms with E-state index in [1.54, 1.807) is 16.8 Å². The van der Waals surface area contributed by atoms with Crippen molar-refractivity contribution in [2.24, 2.45) is 5.73 Å². The van der Waals surface area contributed by atoms with E-state index >= 15 is 0 Å². The number of allylic oxidation sites excluding steroid dienone is 1. The third-order valence-corrected chi connectivity index (χ3v) is 6.59. The maximum atomic E-state index is 14.0. The minimum absolute atomic E-state index is 0. The van der Waals surface area contributed by atoms with Crippen LogP contribution in [0.2, 0.25) is 0 Å². The third kappa shape index (κ3) is 5.91. The predicted octanol–water partition coefficient (Wildman–Crippen LogP) is 3.56. The first-order valence-corrected chi connectivity index (χ1v) is 10.9. The van der Waals surface area contributed by atoms with Crippen LogP contribution in [0, 0.1) is 6.92 Å². The summed E-state index contributed by atoms with van der Waals surface area (Å²) in [4.78, 5) is 0.253. The fourth-order valence-electron chi connectivity index (χ4n) is 3.08. The maximum Gasteiger partial charge on any atom is 0.242 e. The summed E-state index contributed by atoms with van der Waals surface area (Å²) in [6.07, 6.45) is 1.93. The fourth-order valence-corrected chi connectivity index (χ4v) is 3.98. The van der Waals surface area contributed by atoms with Crippen LogP contribution < -0.4 is 5.73 Å². The van der Waals surface area contributed by atoms with Crippen LogP contribution >= 0.6 is 12.4 Å². The van der Waals surface area contributed by atoms with Gasteiger partial charge in [0, 0.05) is 43.7 Å². The predicted molar refractivity (Wildman–Crippen MR) is 121 cm³/mol. The fraction of sp³-hybridized carbons (Fsp3) is 0.476. The van der Waals surface area contributed by atoms with Gasteiger partial charge < -0.3 is 5.73 Å². The first-order chi connectivity index (χ1) is 13.4. The molecule has 30 heavy (non-hydrogen) atoms. The van der Waals surface area contributed by atoms with Crippen molar-refractivity contribution >= 4 is 22.4 Å². The molecule has 2 aromatic rings. The molecule has 0 spiro atoms. The molecule has 2 rings (SSSR count). The molecule has 0 aliphatic rings. The summed E-state index contributed by atoms with van der Waals surface area (Å²) in [6.45, 7) is 8.34. The van der Waals surface area contributed by atoms with Crippen molar-refractivity contribution in [1.82, 2.24) is 14.1 Å². The van der Waals surface area contributed by atoms with E-state index in [1.165, 1.54) is 24.5 Å². The Labute approximate surface area is 185 Å². The number of aromatic nitrogens is 2. The molecule has 0 fully saturated rings. The first kappa shape index (κ1) is 26.3. The summed E-state index contributed by atoms with van der Waals surface area (Å²) in [7, 11) is -0.445. The molecular formula is C21H32ClFN4O2S. The van der Waals surface area contributed by atoms with Crippen molar-refractivity contribution in [2.45, 2.75) is 51.0 Å². The van der Waals surface area contributed by atoms with Crippen LogP contribution in [0.15, 0.2) is 41.1 Å². The average Bonchev–Trinajstić information content (AvgIpc) is 2.92. The first-order valence-electron chi connectivity index (χ1n) is 9.50. The van der Waals surface area contributed by atoms with Crippen molar-refractivity contribution in [3.05, 3.63) is 58.7 Å². The van der Waals surface area contributed by atoms with Crippen molar-refractivity contribution in [3.8, 4) is 0 Å². The van der Waals surface area contributed by atoms with E-state index in [9.17, 15) is 12.8 Å². The monoisotopic (exact) mass is 458 g/mol. The molecule has 1 aromatic heterocycles. The Morgan fingerprint density at radius 3 is 2.27 bits per heavy atom. The number of sulfonamides is 1. The molecule has 0 bridgehead atoms. The summed E-state index contributed by atoms with van der Waals surface area (Å²) < 4.78 is 41.4. The van der Waals surface area contributed by atoms with Gasteiger partial charge in [0.05, 0.1) is 17.1 Å².